The van der Waals surface area contributed by atoms with Gasteiger partial charge >= 0.3 is 5.97 Å². The Balaban J connectivity index is 0.000000585. The zero-order valence-electron chi connectivity index (χ0n) is 23.5. The third-order valence-corrected chi connectivity index (χ3v) is 6.59. The third-order valence-electron chi connectivity index (χ3n) is 4.91. The summed E-state index contributed by atoms with van der Waals surface area (Å²) in [6, 6.07) is 7.12. The summed E-state index contributed by atoms with van der Waals surface area (Å²) in [6.45, 7) is 12.4. The van der Waals surface area contributed by atoms with Crippen LogP contribution in [0.1, 0.15) is 73.5 Å². The van der Waals surface area contributed by atoms with Crippen molar-refractivity contribution in [1.82, 2.24) is 4.90 Å². The Kier molecular flexibility index (Phi) is 18.4. The summed E-state index contributed by atoms with van der Waals surface area (Å²) in [5, 5.41) is 3.88. The standard InChI is InChI=1S/C13H15NO3S.C9H19NO.C7H6Cl2/c1-13(2,3)6-5-9-7-10(14-8-15)11(18-9)12(16)17-4;1-3-10(2)8-6-4-5-7-9-11;1-5-2-3-6(8)4-7(5)9/h7-8H,1-4H3,(H,14,15);9H,3-8H2,1-2H3;2-4H,1H3. The van der Waals surface area contributed by atoms with Crippen molar-refractivity contribution in [3.05, 3.63) is 49.6 Å². The molecule has 2 aromatic rings. The number of rotatable bonds is 10. The molecule has 0 aliphatic carbocycles. The van der Waals surface area contributed by atoms with E-state index in [2.05, 4.69) is 40.8 Å². The molecule has 0 aliphatic rings. The number of benzene rings is 1. The minimum atomic E-state index is -0.479. The lowest BCUT2D eigenvalue weighted by Crippen LogP contribution is -2.18. The molecular formula is C29H40Cl2N2O4S. The zero-order chi connectivity index (χ0) is 29.1. The maximum absolute atomic E-state index is 11.5. The van der Waals surface area contributed by atoms with E-state index in [4.69, 9.17) is 23.2 Å². The number of thiophene rings is 1. The maximum atomic E-state index is 11.5. The molecule has 2 rings (SSSR count). The summed E-state index contributed by atoms with van der Waals surface area (Å²) >= 11 is 12.6. The Labute approximate surface area is 242 Å². The number of halogens is 2. The smallest absolute Gasteiger partial charge is 0.350 e. The Bertz CT molecular complexity index is 1070. The van der Waals surface area contributed by atoms with Gasteiger partial charge in [0.25, 0.3) is 0 Å². The Hall–Kier alpha value is -2.37. The van der Waals surface area contributed by atoms with E-state index in [0.29, 0.717) is 22.0 Å². The second-order valence-corrected chi connectivity index (χ2v) is 11.3. The van der Waals surface area contributed by atoms with Crippen LogP contribution in [0.3, 0.4) is 0 Å². The molecule has 1 amide bonds. The van der Waals surface area contributed by atoms with Gasteiger partial charge in [0.2, 0.25) is 6.41 Å². The lowest BCUT2D eigenvalue weighted by molar-refractivity contribution is -0.108. The van der Waals surface area contributed by atoms with Gasteiger partial charge in [-0.25, -0.2) is 4.79 Å². The van der Waals surface area contributed by atoms with Crippen LogP contribution in [-0.4, -0.2) is 50.8 Å². The summed E-state index contributed by atoms with van der Waals surface area (Å²) in [5.41, 5.74) is 1.37. The lowest BCUT2D eigenvalue weighted by Gasteiger charge is -2.12. The van der Waals surface area contributed by atoms with E-state index in [1.165, 1.54) is 31.3 Å². The molecule has 1 aromatic heterocycles. The molecule has 1 heterocycles. The number of carbonyl (C=O) groups is 3. The van der Waals surface area contributed by atoms with Crippen molar-refractivity contribution in [3.8, 4) is 11.8 Å². The van der Waals surface area contributed by atoms with Gasteiger partial charge < -0.3 is 19.7 Å². The molecule has 0 saturated heterocycles. The van der Waals surface area contributed by atoms with E-state index < -0.39 is 5.97 Å². The normalized spacial score (nSPS) is 10.2. The molecule has 9 heteroatoms. The molecular weight excluding hydrogens is 543 g/mol. The van der Waals surface area contributed by atoms with Crippen LogP contribution in [0.2, 0.25) is 10.0 Å². The topological polar surface area (TPSA) is 75.7 Å². The number of carbonyl (C=O) groups excluding carboxylic acids is 3. The van der Waals surface area contributed by atoms with E-state index in [-0.39, 0.29) is 5.41 Å². The van der Waals surface area contributed by atoms with E-state index in [1.807, 2.05) is 39.8 Å². The van der Waals surface area contributed by atoms with Crippen LogP contribution in [0.4, 0.5) is 5.69 Å². The molecule has 6 nitrogen and oxygen atoms in total. The maximum Gasteiger partial charge on any atom is 0.350 e. The van der Waals surface area contributed by atoms with E-state index >= 15 is 0 Å². The Morgan fingerprint density at radius 2 is 1.84 bits per heavy atom. The first kappa shape index (κ1) is 35.6. The third kappa shape index (κ3) is 16.5. The van der Waals surface area contributed by atoms with Gasteiger partial charge in [0.1, 0.15) is 11.2 Å². The monoisotopic (exact) mass is 582 g/mol. The summed E-state index contributed by atoms with van der Waals surface area (Å²) < 4.78 is 4.65. The molecule has 1 aromatic carbocycles. The fourth-order valence-electron chi connectivity index (χ4n) is 2.63. The molecule has 38 heavy (non-hydrogen) atoms. The molecule has 0 saturated carbocycles. The number of anilines is 1. The van der Waals surface area contributed by atoms with Crippen molar-refractivity contribution in [2.24, 2.45) is 5.41 Å². The SMILES string of the molecule is CCN(C)CCCCCC=O.COC(=O)c1sc(C#CC(C)(C)C)cc1NC=O.Cc1ccc(Cl)cc1Cl. The van der Waals surface area contributed by atoms with Crippen molar-refractivity contribution in [2.75, 3.05) is 32.6 Å². The van der Waals surface area contributed by atoms with Crippen molar-refractivity contribution < 1.29 is 19.1 Å². The number of hydrogen-bond donors (Lipinski definition) is 1. The van der Waals surface area contributed by atoms with Crippen LogP contribution >= 0.6 is 34.5 Å². The molecule has 210 valence electrons. The van der Waals surface area contributed by atoms with Crippen LogP contribution in [0, 0.1) is 24.2 Å². The first-order valence-corrected chi connectivity index (χ1v) is 13.9. The van der Waals surface area contributed by atoms with Gasteiger partial charge in [-0.05, 0) is 84.4 Å². The molecule has 1 N–H and O–H groups in total. The highest BCUT2D eigenvalue weighted by Gasteiger charge is 2.16. The minimum absolute atomic E-state index is 0.117. The number of methoxy groups -OCH3 is 1. The van der Waals surface area contributed by atoms with Gasteiger partial charge in [-0.2, -0.15) is 0 Å². The van der Waals surface area contributed by atoms with Gasteiger partial charge in [0, 0.05) is 21.9 Å². The van der Waals surface area contributed by atoms with E-state index in [9.17, 15) is 14.4 Å². The van der Waals surface area contributed by atoms with Crippen molar-refractivity contribution in [2.45, 2.75) is 60.3 Å². The number of amides is 1. The number of aldehydes is 1. The fraction of sp³-hybridized carbons (Fsp3) is 0.483. The van der Waals surface area contributed by atoms with Crippen LogP contribution in [0.25, 0.3) is 0 Å². The number of hydrogen-bond acceptors (Lipinski definition) is 6. The number of nitrogens with one attached hydrogen (secondary N) is 1. The highest BCUT2D eigenvalue weighted by atomic mass is 35.5. The van der Waals surface area contributed by atoms with Crippen molar-refractivity contribution in [3.63, 3.8) is 0 Å². The Morgan fingerprint density at radius 1 is 1.16 bits per heavy atom. The number of unbranched alkanes of at least 4 members (excludes halogenated alkanes) is 3. The highest BCUT2D eigenvalue weighted by molar-refractivity contribution is 7.15. The summed E-state index contributed by atoms with van der Waals surface area (Å²) in [5.74, 6) is 5.58. The predicted molar refractivity (Wildman–Crippen MR) is 161 cm³/mol. The van der Waals surface area contributed by atoms with Crippen molar-refractivity contribution >= 4 is 58.9 Å². The Morgan fingerprint density at radius 3 is 2.34 bits per heavy atom. The number of esters is 1. The van der Waals surface area contributed by atoms with Crippen molar-refractivity contribution in [1.29, 1.82) is 0 Å². The average molecular weight is 584 g/mol. The van der Waals surface area contributed by atoms with Crippen LogP contribution in [0.5, 0.6) is 0 Å². The minimum Gasteiger partial charge on any atom is -0.465 e. The summed E-state index contributed by atoms with van der Waals surface area (Å²) in [6.07, 6.45) is 5.72. The van der Waals surface area contributed by atoms with Crippen LogP contribution < -0.4 is 5.32 Å². The zero-order valence-corrected chi connectivity index (χ0v) is 25.8. The van der Waals surface area contributed by atoms with Crippen LogP contribution in [0.15, 0.2) is 24.3 Å². The first-order valence-electron chi connectivity index (χ1n) is 12.4. The first-order chi connectivity index (χ1) is 17.9. The summed E-state index contributed by atoms with van der Waals surface area (Å²) in [4.78, 5) is 35.3. The number of ether oxygens (including phenoxy) is 1. The molecule has 0 bridgehead atoms. The largest absolute Gasteiger partial charge is 0.465 e. The van der Waals surface area contributed by atoms with Gasteiger partial charge in [0.15, 0.2) is 0 Å². The lowest BCUT2D eigenvalue weighted by atomic mass is 9.98. The average Bonchev–Trinajstić information content (AvgIpc) is 3.28. The highest BCUT2D eigenvalue weighted by Crippen LogP contribution is 2.27. The second-order valence-electron chi connectivity index (χ2n) is 9.41. The van der Waals surface area contributed by atoms with Gasteiger partial charge in [-0.1, -0.05) is 54.5 Å². The molecule has 0 spiro atoms. The molecule has 0 radical (unpaired) electrons. The van der Waals surface area contributed by atoms with Gasteiger partial charge in [0.05, 0.1) is 17.7 Å². The number of nitrogens with zero attached hydrogens (tertiary/aromatic N) is 1. The number of aryl methyl sites for hydroxylation is 1. The quantitative estimate of drug-likeness (QED) is 0.136. The molecule has 0 fully saturated rings. The summed E-state index contributed by atoms with van der Waals surface area (Å²) in [7, 11) is 3.42. The van der Waals surface area contributed by atoms with Gasteiger partial charge in [-0.15, -0.1) is 11.3 Å². The van der Waals surface area contributed by atoms with E-state index in [0.717, 1.165) is 47.7 Å². The molecule has 0 aliphatic heterocycles. The fourth-order valence-corrected chi connectivity index (χ4v) is 3.93. The molecule has 0 unspecified atom stereocenters. The predicted octanol–water partition coefficient (Wildman–Crippen LogP) is 7.50. The van der Waals surface area contributed by atoms with E-state index in [1.54, 1.807) is 12.1 Å². The molecule has 0 atom stereocenters. The van der Waals surface area contributed by atoms with Crippen LogP contribution in [-0.2, 0) is 14.3 Å². The second kappa shape index (κ2) is 19.7. The van der Waals surface area contributed by atoms with Gasteiger partial charge in [-0.3, -0.25) is 4.79 Å².